The van der Waals surface area contributed by atoms with Gasteiger partial charge in [0.15, 0.2) is 0 Å². The Morgan fingerprint density at radius 2 is 2.00 bits per heavy atom. The smallest absolute Gasteiger partial charge is 0.119 e. The lowest BCUT2D eigenvalue weighted by Gasteiger charge is -2.18. The Bertz CT molecular complexity index is 344. The summed E-state index contributed by atoms with van der Waals surface area (Å²) in [4.78, 5) is 0. The van der Waals surface area contributed by atoms with Crippen molar-refractivity contribution in [2.75, 3.05) is 14.3 Å². The third-order valence-corrected chi connectivity index (χ3v) is 2.62. The summed E-state index contributed by atoms with van der Waals surface area (Å²) < 4.78 is 14.7. The minimum atomic E-state index is 0.500. The number of methoxy groups -OCH3 is 1. The molecule has 1 aliphatic rings. The fraction of sp³-hybridized carbons (Fsp3) is 0.385. The summed E-state index contributed by atoms with van der Waals surface area (Å²) in [5.74, 6) is 0.952. The predicted octanol–water partition coefficient (Wildman–Crippen LogP) is 3.63. The largest absolute Gasteiger partial charge is 0.497 e. The molecule has 1 aromatic rings. The van der Waals surface area contributed by atoms with Crippen molar-refractivity contribution < 1.29 is 9.13 Å². The van der Waals surface area contributed by atoms with Gasteiger partial charge in [-0.25, -0.2) is 0 Å². The van der Waals surface area contributed by atoms with Gasteiger partial charge in [-0.1, -0.05) is 12.6 Å². The minimum Gasteiger partial charge on any atom is -0.497 e. The highest BCUT2D eigenvalue weighted by Crippen LogP contribution is 2.31. The van der Waals surface area contributed by atoms with Crippen molar-refractivity contribution in [1.82, 2.24) is 0 Å². The number of fused-ring (bicyclic) bond motifs is 1. The maximum Gasteiger partial charge on any atom is 0.119 e. The first-order chi connectivity index (χ1) is 7.31. The van der Waals surface area contributed by atoms with E-state index in [0.29, 0.717) is 7.18 Å². The average molecular weight is 208 g/mol. The molecule has 0 heterocycles. The van der Waals surface area contributed by atoms with E-state index in [0.717, 1.165) is 18.6 Å². The summed E-state index contributed by atoms with van der Waals surface area (Å²) in [7, 11) is 2.21. The van der Waals surface area contributed by atoms with E-state index in [1.807, 2.05) is 6.07 Å². The van der Waals surface area contributed by atoms with Crippen molar-refractivity contribution in [3.8, 4) is 5.75 Å². The number of ether oxygens (including phenoxy) is 1. The molecule has 0 radical (unpaired) electrons. The summed E-state index contributed by atoms with van der Waals surface area (Å²) >= 11 is 0. The zero-order valence-corrected chi connectivity index (χ0v) is 9.35. The highest BCUT2D eigenvalue weighted by atomic mass is 19.1. The lowest BCUT2D eigenvalue weighted by atomic mass is 9.88. The van der Waals surface area contributed by atoms with Gasteiger partial charge in [0.1, 0.15) is 5.75 Å². The molecule has 0 saturated carbocycles. The Balaban J connectivity index is 0.000000531. The quantitative estimate of drug-likeness (QED) is 0.684. The molecule has 0 aromatic heterocycles. The molecule has 1 aromatic carbocycles. The molecular weight excluding hydrogens is 191 g/mol. The number of halogens is 1. The number of rotatable bonds is 1. The van der Waals surface area contributed by atoms with Crippen LogP contribution in [0.4, 0.5) is 4.39 Å². The van der Waals surface area contributed by atoms with Crippen LogP contribution >= 0.6 is 0 Å². The average Bonchev–Trinajstić information content (AvgIpc) is 2.31. The maximum atomic E-state index is 9.50. The highest BCUT2D eigenvalue weighted by molar-refractivity contribution is 5.68. The normalized spacial score (nSPS) is 13.7. The van der Waals surface area contributed by atoms with Gasteiger partial charge in [0.2, 0.25) is 0 Å². The lowest BCUT2D eigenvalue weighted by molar-refractivity contribution is 0.414. The van der Waals surface area contributed by atoms with E-state index >= 15 is 0 Å². The zero-order valence-electron chi connectivity index (χ0n) is 9.35. The number of hydrogen-bond donors (Lipinski definition) is 0. The molecule has 82 valence electrons. The van der Waals surface area contributed by atoms with Crippen LogP contribution in [-0.2, 0) is 6.42 Å². The molecule has 0 atom stereocenters. The molecule has 0 amide bonds. The zero-order chi connectivity index (χ0) is 11.3. The van der Waals surface area contributed by atoms with E-state index in [2.05, 4.69) is 18.7 Å². The van der Waals surface area contributed by atoms with Gasteiger partial charge in [-0.05, 0) is 48.1 Å². The van der Waals surface area contributed by atoms with Crippen LogP contribution < -0.4 is 4.74 Å². The van der Waals surface area contributed by atoms with Gasteiger partial charge >= 0.3 is 0 Å². The fourth-order valence-corrected chi connectivity index (χ4v) is 1.88. The summed E-state index contributed by atoms with van der Waals surface area (Å²) in [6.07, 6.45) is 3.52. The van der Waals surface area contributed by atoms with E-state index in [1.165, 1.54) is 23.1 Å². The molecule has 0 unspecified atom stereocenters. The van der Waals surface area contributed by atoms with E-state index in [-0.39, 0.29) is 0 Å². The summed E-state index contributed by atoms with van der Waals surface area (Å²) in [6.45, 7) is 4.07. The van der Waals surface area contributed by atoms with Crippen LogP contribution in [0.15, 0.2) is 24.8 Å². The second-order valence-electron chi connectivity index (χ2n) is 3.48. The van der Waals surface area contributed by atoms with Crippen LogP contribution in [0, 0.1) is 0 Å². The van der Waals surface area contributed by atoms with Gasteiger partial charge < -0.3 is 4.74 Å². The van der Waals surface area contributed by atoms with E-state index < -0.39 is 0 Å². The summed E-state index contributed by atoms with van der Waals surface area (Å²) in [5, 5.41) is 0. The second-order valence-corrected chi connectivity index (χ2v) is 3.48. The lowest BCUT2D eigenvalue weighted by Crippen LogP contribution is -2.01. The first-order valence-electron chi connectivity index (χ1n) is 5.04. The van der Waals surface area contributed by atoms with E-state index in [1.54, 1.807) is 7.11 Å². The van der Waals surface area contributed by atoms with Gasteiger partial charge in [-0.3, -0.25) is 4.39 Å². The Labute approximate surface area is 90.6 Å². The van der Waals surface area contributed by atoms with Crippen LogP contribution in [0.1, 0.15) is 24.0 Å². The molecule has 1 aliphatic carbocycles. The molecular formula is C13H17FO. The molecule has 0 saturated heterocycles. The van der Waals surface area contributed by atoms with Crippen LogP contribution in [-0.4, -0.2) is 14.3 Å². The number of hydrogen-bond acceptors (Lipinski definition) is 1. The first kappa shape index (κ1) is 11.8. The molecule has 1 nitrogen and oxygen atoms in total. The van der Waals surface area contributed by atoms with Crippen LogP contribution in [0.2, 0.25) is 0 Å². The van der Waals surface area contributed by atoms with Gasteiger partial charge in [-0.2, -0.15) is 0 Å². The molecule has 0 fully saturated rings. The van der Waals surface area contributed by atoms with Gasteiger partial charge in [0.05, 0.1) is 14.3 Å². The fourth-order valence-electron chi connectivity index (χ4n) is 1.88. The topological polar surface area (TPSA) is 9.23 Å². The van der Waals surface area contributed by atoms with Crippen LogP contribution in [0.25, 0.3) is 5.57 Å². The minimum absolute atomic E-state index is 0.500. The predicted molar refractivity (Wildman–Crippen MR) is 62.0 cm³/mol. The molecule has 2 rings (SSSR count). The van der Waals surface area contributed by atoms with Crippen molar-refractivity contribution in [2.45, 2.75) is 19.3 Å². The SMILES string of the molecule is C=C1CCCc2cc(OC)ccc21.CF. The highest BCUT2D eigenvalue weighted by Gasteiger charge is 2.12. The Morgan fingerprint density at radius 1 is 1.27 bits per heavy atom. The molecule has 2 heteroatoms. The second kappa shape index (κ2) is 5.54. The summed E-state index contributed by atoms with van der Waals surface area (Å²) in [5.41, 5.74) is 3.98. The van der Waals surface area contributed by atoms with Gasteiger partial charge in [0.25, 0.3) is 0 Å². The standard InChI is InChI=1S/C12H14O.CH3F/c1-9-4-3-5-10-8-11(13-2)6-7-12(9)10;1-2/h6-8H,1,3-5H2,2H3;1H3. The van der Waals surface area contributed by atoms with Crippen molar-refractivity contribution >= 4 is 5.57 Å². The third-order valence-electron chi connectivity index (χ3n) is 2.62. The van der Waals surface area contributed by atoms with Gasteiger partial charge in [0, 0.05) is 0 Å². The Kier molecular flexibility index (Phi) is 4.35. The third kappa shape index (κ3) is 2.58. The monoisotopic (exact) mass is 208 g/mol. The molecule has 0 N–H and O–H groups in total. The molecule has 15 heavy (non-hydrogen) atoms. The van der Waals surface area contributed by atoms with E-state index in [4.69, 9.17) is 4.74 Å². The maximum absolute atomic E-state index is 9.50. The summed E-state index contributed by atoms with van der Waals surface area (Å²) in [6, 6.07) is 6.25. The molecule has 0 bridgehead atoms. The Hall–Kier alpha value is -1.31. The first-order valence-corrected chi connectivity index (χ1v) is 5.04. The Morgan fingerprint density at radius 3 is 2.67 bits per heavy atom. The number of benzene rings is 1. The van der Waals surface area contributed by atoms with Crippen molar-refractivity contribution in [2.24, 2.45) is 0 Å². The number of alkyl halides is 1. The molecule has 0 aliphatic heterocycles. The van der Waals surface area contributed by atoms with Crippen LogP contribution in [0.5, 0.6) is 5.75 Å². The van der Waals surface area contributed by atoms with Crippen molar-refractivity contribution in [3.05, 3.63) is 35.9 Å². The van der Waals surface area contributed by atoms with Crippen molar-refractivity contribution in [3.63, 3.8) is 0 Å². The van der Waals surface area contributed by atoms with Crippen LogP contribution in [0.3, 0.4) is 0 Å². The number of aryl methyl sites for hydroxylation is 1. The van der Waals surface area contributed by atoms with Gasteiger partial charge in [-0.15, -0.1) is 0 Å². The van der Waals surface area contributed by atoms with E-state index in [9.17, 15) is 4.39 Å². The number of allylic oxidation sites excluding steroid dienone is 1. The molecule has 0 spiro atoms. The van der Waals surface area contributed by atoms with Crippen molar-refractivity contribution in [1.29, 1.82) is 0 Å².